The van der Waals surface area contributed by atoms with Crippen molar-refractivity contribution in [3.05, 3.63) is 34.3 Å². The van der Waals surface area contributed by atoms with E-state index in [1.165, 1.54) is 4.90 Å². The summed E-state index contributed by atoms with van der Waals surface area (Å²) in [5.74, 6) is 0. The molecule has 86 valence electrons. The number of cyclic esters (lactones) is 1. The minimum absolute atomic E-state index is 0.117. The van der Waals surface area contributed by atoms with Gasteiger partial charge >= 0.3 is 6.09 Å². The Hall–Kier alpha value is -1.07. The number of halogens is 1. The van der Waals surface area contributed by atoms with Crippen LogP contribution in [-0.2, 0) is 4.74 Å². The highest BCUT2D eigenvalue weighted by Gasteiger charge is 2.40. The molecule has 2 atom stereocenters. The van der Waals surface area contributed by atoms with Gasteiger partial charge in [0.25, 0.3) is 0 Å². The Balaban J connectivity index is 2.35. The van der Waals surface area contributed by atoms with Crippen molar-refractivity contribution in [1.29, 1.82) is 0 Å². The largest absolute Gasteiger partial charge is 0.439 e. The average Bonchev–Trinajstić information content (AvgIpc) is 2.56. The fourth-order valence-electron chi connectivity index (χ4n) is 1.80. The van der Waals surface area contributed by atoms with Crippen molar-refractivity contribution in [2.24, 2.45) is 0 Å². The first-order valence-corrected chi connectivity index (χ1v) is 5.73. The number of amides is 1. The van der Waals surface area contributed by atoms with Gasteiger partial charge in [0, 0.05) is 17.1 Å². The molecule has 1 aromatic carbocycles. The number of carbonyl (C=O) groups excluding carboxylic acids is 1. The summed E-state index contributed by atoms with van der Waals surface area (Å²) in [6.07, 6.45) is -0.821. The molecular weight excluding hydrogens is 274 g/mol. The molecule has 4 nitrogen and oxygen atoms in total. The minimum Gasteiger partial charge on any atom is -0.439 e. The number of ether oxygens (including phenoxy) is 1. The van der Waals surface area contributed by atoms with Gasteiger partial charge in [0.1, 0.15) is 0 Å². The fraction of sp³-hybridized carbons (Fsp3) is 0.364. The van der Waals surface area contributed by atoms with Crippen LogP contribution >= 0.6 is 15.9 Å². The number of nitrogens with zero attached hydrogens (tertiary/aromatic N) is 1. The number of aliphatic hydroxyl groups is 1. The van der Waals surface area contributed by atoms with E-state index in [4.69, 9.17) is 4.74 Å². The lowest BCUT2D eigenvalue weighted by Gasteiger charge is -2.19. The van der Waals surface area contributed by atoms with Gasteiger partial charge in [0.2, 0.25) is 0 Å². The summed E-state index contributed by atoms with van der Waals surface area (Å²) in [7, 11) is 1.63. The van der Waals surface area contributed by atoms with Crippen LogP contribution < -0.4 is 0 Å². The Kier molecular flexibility index (Phi) is 3.16. The molecule has 1 N–H and O–H groups in total. The van der Waals surface area contributed by atoms with Gasteiger partial charge in [-0.15, -0.1) is 0 Å². The zero-order valence-electron chi connectivity index (χ0n) is 8.76. The lowest BCUT2D eigenvalue weighted by molar-refractivity contribution is 0.118. The maximum absolute atomic E-state index is 11.4. The lowest BCUT2D eigenvalue weighted by Crippen LogP contribution is -2.33. The van der Waals surface area contributed by atoms with Crippen molar-refractivity contribution >= 4 is 22.0 Å². The molecule has 1 fully saturated rings. The number of carbonyl (C=O) groups is 1. The molecule has 0 aromatic heterocycles. The number of rotatable bonds is 2. The van der Waals surface area contributed by atoms with Gasteiger partial charge in [-0.25, -0.2) is 4.79 Å². The molecule has 1 aromatic rings. The van der Waals surface area contributed by atoms with Crippen LogP contribution in [0.1, 0.15) is 11.7 Å². The first kappa shape index (κ1) is 11.4. The quantitative estimate of drug-likeness (QED) is 0.903. The van der Waals surface area contributed by atoms with Crippen LogP contribution in [0, 0.1) is 0 Å². The zero-order chi connectivity index (χ0) is 11.7. The second kappa shape index (κ2) is 4.43. The van der Waals surface area contributed by atoms with Gasteiger partial charge in [-0.3, -0.25) is 0 Å². The van der Waals surface area contributed by atoms with E-state index in [0.29, 0.717) is 0 Å². The average molecular weight is 286 g/mol. The first-order chi connectivity index (χ1) is 7.65. The van der Waals surface area contributed by atoms with Gasteiger partial charge in [-0.2, -0.15) is 0 Å². The summed E-state index contributed by atoms with van der Waals surface area (Å²) in [5.41, 5.74) is 0.874. The van der Waals surface area contributed by atoms with Gasteiger partial charge in [-0.05, 0) is 6.07 Å². The second-order valence-corrected chi connectivity index (χ2v) is 4.54. The monoisotopic (exact) mass is 285 g/mol. The number of aliphatic hydroxyl groups excluding tert-OH is 1. The van der Waals surface area contributed by atoms with E-state index in [0.717, 1.165) is 10.0 Å². The van der Waals surface area contributed by atoms with Gasteiger partial charge in [0.15, 0.2) is 6.10 Å². The summed E-state index contributed by atoms with van der Waals surface area (Å²) in [6, 6.07) is 7.20. The molecule has 0 radical (unpaired) electrons. The molecule has 0 spiro atoms. The maximum atomic E-state index is 11.4. The molecule has 2 rings (SSSR count). The van der Waals surface area contributed by atoms with Gasteiger partial charge < -0.3 is 14.7 Å². The van der Waals surface area contributed by atoms with Gasteiger partial charge in [-0.1, -0.05) is 34.1 Å². The molecular formula is C11H12BrNO3. The third-order valence-corrected chi connectivity index (χ3v) is 3.48. The van der Waals surface area contributed by atoms with Crippen molar-refractivity contribution in [3.8, 4) is 0 Å². The molecule has 1 aliphatic heterocycles. The number of likely N-dealkylation sites (N-methyl/N-ethyl adjacent to an activating group) is 1. The molecule has 16 heavy (non-hydrogen) atoms. The van der Waals surface area contributed by atoms with Crippen LogP contribution in [0.4, 0.5) is 4.79 Å². The summed E-state index contributed by atoms with van der Waals surface area (Å²) in [5, 5.41) is 9.29. The molecule has 1 aliphatic rings. The predicted octanol–water partition coefficient (Wildman–Crippen LogP) is 1.93. The number of hydrogen-bond donors (Lipinski definition) is 1. The Morgan fingerprint density at radius 2 is 2.19 bits per heavy atom. The Morgan fingerprint density at radius 3 is 2.81 bits per heavy atom. The van der Waals surface area contributed by atoms with E-state index in [1.807, 2.05) is 24.3 Å². The van der Waals surface area contributed by atoms with Crippen molar-refractivity contribution in [3.63, 3.8) is 0 Å². The molecule has 0 saturated carbocycles. The third-order valence-electron chi connectivity index (χ3n) is 2.76. The molecule has 5 heteroatoms. The normalized spacial score (nSPS) is 24.7. The summed E-state index contributed by atoms with van der Waals surface area (Å²) in [4.78, 5) is 12.8. The minimum atomic E-state index is -0.418. The van der Waals surface area contributed by atoms with Crippen molar-refractivity contribution in [1.82, 2.24) is 4.90 Å². The maximum Gasteiger partial charge on any atom is 0.410 e. The van der Waals surface area contributed by atoms with E-state index in [1.54, 1.807) is 7.05 Å². The van der Waals surface area contributed by atoms with Crippen LogP contribution in [-0.4, -0.2) is 35.8 Å². The van der Waals surface area contributed by atoms with Crippen LogP contribution in [0.2, 0.25) is 0 Å². The van der Waals surface area contributed by atoms with Crippen molar-refractivity contribution < 1.29 is 14.6 Å². The number of benzene rings is 1. The van der Waals surface area contributed by atoms with Crippen LogP contribution in [0.25, 0.3) is 0 Å². The van der Waals surface area contributed by atoms with E-state index in [2.05, 4.69) is 15.9 Å². The van der Waals surface area contributed by atoms with E-state index in [9.17, 15) is 9.90 Å². The van der Waals surface area contributed by atoms with Crippen LogP contribution in [0.15, 0.2) is 28.7 Å². The topological polar surface area (TPSA) is 49.8 Å². The first-order valence-electron chi connectivity index (χ1n) is 4.94. The summed E-state index contributed by atoms with van der Waals surface area (Å²) >= 11 is 3.41. The molecule has 0 bridgehead atoms. The summed E-state index contributed by atoms with van der Waals surface area (Å²) < 4.78 is 6.12. The number of hydrogen-bond acceptors (Lipinski definition) is 3. The highest BCUT2D eigenvalue weighted by Crippen LogP contribution is 2.34. The van der Waals surface area contributed by atoms with Crippen LogP contribution in [0.3, 0.4) is 0 Å². The van der Waals surface area contributed by atoms with Crippen molar-refractivity contribution in [2.45, 2.75) is 12.1 Å². The Bertz CT molecular complexity index is 410. The molecule has 1 heterocycles. The predicted molar refractivity (Wildman–Crippen MR) is 62.0 cm³/mol. The zero-order valence-corrected chi connectivity index (χ0v) is 10.3. The van der Waals surface area contributed by atoms with E-state index < -0.39 is 12.2 Å². The Labute approximate surface area is 102 Å². The standard InChI is InChI=1S/C11H12BrNO3/c1-13-9(6-14)10(16-11(13)15)7-4-2-3-5-8(7)12/h2-5,9-10,14H,6H2,1H3. The smallest absolute Gasteiger partial charge is 0.410 e. The van der Waals surface area contributed by atoms with Crippen molar-refractivity contribution in [2.75, 3.05) is 13.7 Å². The molecule has 0 aliphatic carbocycles. The second-order valence-electron chi connectivity index (χ2n) is 3.69. The molecule has 2 unspecified atom stereocenters. The SMILES string of the molecule is CN1C(=O)OC(c2ccccc2Br)C1CO. The highest BCUT2D eigenvalue weighted by atomic mass is 79.9. The van der Waals surface area contributed by atoms with Crippen LogP contribution in [0.5, 0.6) is 0 Å². The van der Waals surface area contributed by atoms with E-state index >= 15 is 0 Å². The third kappa shape index (κ3) is 1.81. The summed E-state index contributed by atoms with van der Waals surface area (Å²) in [6.45, 7) is -0.117. The fourth-order valence-corrected chi connectivity index (χ4v) is 2.31. The van der Waals surface area contributed by atoms with Gasteiger partial charge in [0.05, 0.1) is 12.6 Å². The lowest BCUT2D eigenvalue weighted by atomic mass is 10.0. The molecule has 1 amide bonds. The Morgan fingerprint density at radius 1 is 1.50 bits per heavy atom. The molecule has 1 saturated heterocycles. The van der Waals surface area contributed by atoms with E-state index in [-0.39, 0.29) is 12.6 Å². The highest BCUT2D eigenvalue weighted by molar-refractivity contribution is 9.10.